The van der Waals surface area contributed by atoms with Crippen LogP contribution in [0.1, 0.15) is 231 Å². The number of hydrogen-bond donors (Lipinski definition) is 5. The summed E-state index contributed by atoms with van der Waals surface area (Å²) in [6.07, 6.45) is 54.8. The van der Waals surface area contributed by atoms with Gasteiger partial charge < -0.3 is 29.4 Å². The fraction of sp³-hybridized carbons (Fsp3) is 0.750. The van der Waals surface area contributed by atoms with Crippen LogP contribution in [0.2, 0.25) is 0 Å². The van der Waals surface area contributed by atoms with Gasteiger partial charge in [-0.15, -0.1) is 0 Å². The molecule has 0 rings (SSSR count). The molecule has 0 amide bonds. The van der Waals surface area contributed by atoms with Crippen molar-refractivity contribution in [1.82, 2.24) is 0 Å². The number of ether oxygens (including phenoxy) is 1. The molecular formula is C52H92O11P2. The first kappa shape index (κ1) is 62.6. The predicted octanol–water partition coefficient (Wildman–Crippen LogP) is 14.9. The number of carboxylic acids is 1. The number of rotatable bonds is 47. The lowest BCUT2D eigenvalue weighted by atomic mass is 9.94. The number of carbonyl (C=O) groups is 3. The van der Waals surface area contributed by atoms with Crippen molar-refractivity contribution in [2.75, 3.05) is 12.3 Å². The SMILES string of the molecule is O=C(O)CCCCCCC/C=C\CCCCCCC(CCCCCC/C=C\C/C=C\CCCCCP(=O)(O)O)C(=O)OC(=O)CCCCCCC/C=C\C/C=C\CCCCCP(=O)(O)O. The first-order valence-corrected chi connectivity index (χ1v) is 29.2. The number of carbonyl (C=O) groups excluding carboxylic acids is 2. The summed E-state index contributed by atoms with van der Waals surface area (Å²) in [7, 11) is -7.74. The molecule has 0 radical (unpaired) electrons. The molecule has 65 heavy (non-hydrogen) atoms. The third-order valence-corrected chi connectivity index (χ3v) is 13.2. The Labute approximate surface area is 394 Å². The van der Waals surface area contributed by atoms with E-state index in [4.69, 9.17) is 29.4 Å². The molecule has 0 spiro atoms. The largest absolute Gasteiger partial charge is 0.481 e. The topological polar surface area (TPSA) is 196 Å². The molecule has 0 fully saturated rings. The van der Waals surface area contributed by atoms with E-state index in [1.165, 1.54) is 0 Å². The minimum Gasteiger partial charge on any atom is -0.481 e. The van der Waals surface area contributed by atoms with Crippen molar-refractivity contribution in [3.05, 3.63) is 60.8 Å². The summed E-state index contributed by atoms with van der Waals surface area (Å²) in [5.41, 5.74) is 0. The highest BCUT2D eigenvalue weighted by molar-refractivity contribution is 7.52. The van der Waals surface area contributed by atoms with Gasteiger partial charge in [0.1, 0.15) is 0 Å². The summed E-state index contributed by atoms with van der Waals surface area (Å²) in [6, 6.07) is 0. The van der Waals surface area contributed by atoms with Gasteiger partial charge in [0.2, 0.25) is 0 Å². The van der Waals surface area contributed by atoms with E-state index >= 15 is 0 Å². The smallest absolute Gasteiger partial charge is 0.325 e. The van der Waals surface area contributed by atoms with Gasteiger partial charge in [0.15, 0.2) is 0 Å². The highest BCUT2D eigenvalue weighted by Gasteiger charge is 2.22. The van der Waals surface area contributed by atoms with Crippen molar-refractivity contribution < 1.29 is 52.9 Å². The van der Waals surface area contributed by atoms with E-state index in [1.54, 1.807) is 0 Å². The van der Waals surface area contributed by atoms with Crippen molar-refractivity contribution >= 4 is 33.1 Å². The molecular weight excluding hydrogens is 863 g/mol. The molecule has 11 nitrogen and oxygen atoms in total. The minimum absolute atomic E-state index is 0.0261. The Morgan fingerprint density at radius 2 is 0.677 bits per heavy atom. The molecule has 13 heteroatoms. The second kappa shape index (κ2) is 45.4. The van der Waals surface area contributed by atoms with Gasteiger partial charge in [0, 0.05) is 25.2 Å². The average molecular weight is 955 g/mol. The van der Waals surface area contributed by atoms with Crippen LogP contribution in [0.5, 0.6) is 0 Å². The molecule has 1 atom stereocenters. The first-order chi connectivity index (χ1) is 31.3. The van der Waals surface area contributed by atoms with Crippen LogP contribution in [0.3, 0.4) is 0 Å². The lowest BCUT2D eigenvalue weighted by Crippen LogP contribution is -2.21. The van der Waals surface area contributed by atoms with Crippen LogP contribution in [0, 0.1) is 5.92 Å². The van der Waals surface area contributed by atoms with Crippen LogP contribution in [-0.4, -0.2) is 54.9 Å². The molecule has 0 aromatic rings. The van der Waals surface area contributed by atoms with Crippen LogP contribution in [0.25, 0.3) is 0 Å². The van der Waals surface area contributed by atoms with Crippen LogP contribution >= 0.6 is 15.2 Å². The van der Waals surface area contributed by atoms with Crippen molar-refractivity contribution in [3.63, 3.8) is 0 Å². The number of carboxylic acid groups (broad SMARTS) is 1. The molecule has 0 aromatic carbocycles. The molecule has 1 unspecified atom stereocenters. The quantitative estimate of drug-likeness (QED) is 0.0128. The van der Waals surface area contributed by atoms with E-state index in [1.807, 2.05) is 0 Å². The Morgan fingerprint density at radius 1 is 0.385 bits per heavy atom. The number of esters is 2. The normalized spacial score (nSPS) is 13.1. The van der Waals surface area contributed by atoms with Gasteiger partial charge in [-0.2, -0.15) is 0 Å². The maximum Gasteiger partial charge on any atom is 0.325 e. The molecule has 0 aromatic heterocycles. The minimum atomic E-state index is -3.87. The zero-order chi connectivity index (χ0) is 48.0. The molecule has 0 saturated carbocycles. The molecule has 0 saturated heterocycles. The first-order valence-electron chi connectivity index (χ1n) is 25.6. The Balaban J connectivity index is 4.40. The van der Waals surface area contributed by atoms with Crippen LogP contribution in [0.15, 0.2) is 60.8 Å². The van der Waals surface area contributed by atoms with Crippen molar-refractivity contribution in [2.45, 2.75) is 231 Å². The van der Waals surface area contributed by atoms with Gasteiger partial charge in [0.25, 0.3) is 0 Å². The number of allylic oxidation sites excluding steroid dienone is 10. The van der Waals surface area contributed by atoms with Gasteiger partial charge in [-0.05, 0) is 128 Å². The molecule has 0 aliphatic heterocycles. The van der Waals surface area contributed by atoms with Gasteiger partial charge in [-0.25, -0.2) is 0 Å². The van der Waals surface area contributed by atoms with E-state index in [0.29, 0.717) is 12.8 Å². The molecule has 0 aliphatic rings. The molecule has 0 bridgehead atoms. The summed E-state index contributed by atoms with van der Waals surface area (Å²) in [5.74, 6) is -1.70. The molecule has 0 aliphatic carbocycles. The van der Waals surface area contributed by atoms with E-state index in [-0.39, 0.29) is 37.1 Å². The maximum absolute atomic E-state index is 13.2. The summed E-state index contributed by atoms with van der Waals surface area (Å²) in [6.45, 7) is 0. The Bertz CT molecular complexity index is 1410. The lowest BCUT2D eigenvalue weighted by molar-refractivity contribution is -0.163. The van der Waals surface area contributed by atoms with Crippen molar-refractivity contribution in [3.8, 4) is 0 Å². The summed E-state index contributed by atoms with van der Waals surface area (Å²) in [4.78, 5) is 72.1. The molecule has 0 heterocycles. The summed E-state index contributed by atoms with van der Waals surface area (Å²) < 4.78 is 27.2. The second-order valence-electron chi connectivity index (χ2n) is 17.8. The maximum atomic E-state index is 13.2. The van der Waals surface area contributed by atoms with Gasteiger partial charge in [0.05, 0.1) is 5.92 Å². The predicted molar refractivity (Wildman–Crippen MR) is 268 cm³/mol. The zero-order valence-electron chi connectivity index (χ0n) is 40.3. The van der Waals surface area contributed by atoms with Crippen molar-refractivity contribution in [1.29, 1.82) is 0 Å². The standard InChI is InChI=1S/C52H92O11P2/c53-50(54)45-39-33-27-21-15-9-6-8-14-20-26-32-38-44-49(43-37-31-25-19-13-7-3-5-12-18-24-30-36-42-48-65(60,61)62)52(56)63-51(55)46-40-34-28-22-16-10-2-1-4-11-17-23-29-35-41-47-64(57,58)59/h1-3,6-8,11-12,17-18,49H,4-5,9-10,13-16,19-48H2,(H,53,54)(H2,57,58,59)(H2,60,61,62)/b2-1-,7-3-,8-6-,17-11-,18-12-. The number of aliphatic carboxylic acids is 1. The van der Waals surface area contributed by atoms with Gasteiger partial charge in [-0.1, -0.05) is 151 Å². The van der Waals surface area contributed by atoms with E-state index in [9.17, 15) is 23.5 Å². The van der Waals surface area contributed by atoms with Crippen LogP contribution < -0.4 is 0 Å². The monoisotopic (exact) mass is 955 g/mol. The Morgan fingerprint density at radius 3 is 1.03 bits per heavy atom. The van der Waals surface area contributed by atoms with E-state index in [2.05, 4.69) is 60.8 Å². The summed E-state index contributed by atoms with van der Waals surface area (Å²) in [5, 5.41) is 8.73. The van der Waals surface area contributed by atoms with E-state index < -0.39 is 27.1 Å². The third-order valence-electron chi connectivity index (χ3n) is 11.4. The summed E-state index contributed by atoms with van der Waals surface area (Å²) >= 11 is 0. The fourth-order valence-electron chi connectivity index (χ4n) is 7.53. The fourth-order valence-corrected chi connectivity index (χ4v) is 8.80. The Kier molecular flexibility index (Phi) is 43.7. The van der Waals surface area contributed by atoms with Gasteiger partial charge in [-0.3, -0.25) is 23.5 Å². The highest BCUT2D eigenvalue weighted by Crippen LogP contribution is 2.36. The second-order valence-corrected chi connectivity index (χ2v) is 21.3. The van der Waals surface area contributed by atoms with Gasteiger partial charge >= 0.3 is 33.1 Å². The number of unbranched alkanes of at least 4 members (excludes halogenated alkanes) is 24. The highest BCUT2D eigenvalue weighted by atomic mass is 31.2. The zero-order valence-corrected chi connectivity index (χ0v) is 42.1. The Hall–Kier alpha value is -2.39. The van der Waals surface area contributed by atoms with Crippen LogP contribution in [0.4, 0.5) is 0 Å². The number of hydrogen-bond acceptors (Lipinski definition) is 6. The molecule has 5 N–H and O–H groups in total. The third kappa shape index (κ3) is 52.4. The van der Waals surface area contributed by atoms with Crippen molar-refractivity contribution in [2.24, 2.45) is 5.92 Å². The average Bonchev–Trinajstić information content (AvgIpc) is 3.24. The van der Waals surface area contributed by atoms with Crippen LogP contribution in [-0.2, 0) is 28.3 Å². The van der Waals surface area contributed by atoms with E-state index in [0.717, 1.165) is 205 Å². The lowest BCUT2D eigenvalue weighted by Gasteiger charge is -2.15. The molecule has 376 valence electrons.